The second-order valence-electron chi connectivity index (χ2n) is 2.96. The fraction of sp³-hybridized carbons (Fsp3) is 0.778. The Morgan fingerprint density at radius 3 is 2.75 bits per heavy atom. The summed E-state index contributed by atoms with van der Waals surface area (Å²) >= 11 is 0. The molecule has 0 unspecified atom stereocenters. The van der Waals surface area contributed by atoms with E-state index in [1.54, 1.807) is 0 Å². The fourth-order valence-corrected chi connectivity index (χ4v) is 0.952. The van der Waals surface area contributed by atoms with E-state index in [-0.39, 0.29) is 12.2 Å². The van der Waals surface area contributed by atoms with Crippen LogP contribution in [0.4, 0.5) is 0 Å². The van der Waals surface area contributed by atoms with E-state index in [2.05, 4.69) is 6.92 Å². The number of likely N-dealkylation sites (N-methyl/N-ethyl adjacent to an activating group) is 1. The summed E-state index contributed by atoms with van der Waals surface area (Å²) in [5.41, 5.74) is 0. The molecule has 0 fully saturated rings. The number of hydrogen-bond acceptors (Lipinski definition) is 3. The van der Waals surface area contributed by atoms with Gasteiger partial charge in [0.2, 0.25) is 0 Å². The van der Waals surface area contributed by atoms with Gasteiger partial charge in [-0.05, 0) is 20.0 Å². The van der Waals surface area contributed by atoms with Gasteiger partial charge in [0.1, 0.15) is 0 Å². The molecule has 0 amide bonds. The van der Waals surface area contributed by atoms with E-state index < -0.39 is 0 Å². The quantitative estimate of drug-likeness (QED) is 0.598. The monoisotopic (exact) mass is 168 g/mol. The van der Waals surface area contributed by atoms with Crippen LogP contribution in [0, 0.1) is 11.3 Å². The Hall–Kier alpha value is -0.880. The van der Waals surface area contributed by atoms with Crippen molar-refractivity contribution in [2.24, 2.45) is 0 Å². The Bertz CT molecular complexity index is 172. The van der Waals surface area contributed by atoms with Crippen molar-refractivity contribution in [3.8, 4) is 6.07 Å². The van der Waals surface area contributed by atoms with E-state index in [9.17, 15) is 4.79 Å². The Morgan fingerprint density at radius 2 is 2.25 bits per heavy atom. The zero-order valence-electron chi connectivity index (χ0n) is 7.84. The summed E-state index contributed by atoms with van der Waals surface area (Å²) < 4.78 is 0. The number of nitrogens with zero attached hydrogens (tertiary/aromatic N) is 2. The van der Waals surface area contributed by atoms with Gasteiger partial charge in [-0.2, -0.15) is 5.26 Å². The fourth-order valence-electron chi connectivity index (χ4n) is 0.952. The number of Topliss-reactive ketones (excluding diaryl/α,β-unsaturated/α-hetero) is 1. The molecule has 68 valence electrons. The molecule has 0 saturated heterocycles. The third-order valence-corrected chi connectivity index (χ3v) is 1.62. The molecule has 0 heterocycles. The molecule has 0 bridgehead atoms. The minimum atomic E-state index is 0.0103. The van der Waals surface area contributed by atoms with Gasteiger partial charge >= 0.3 is 0 Å². The maximum atomic E-state index is 11.0. The van der Waals surface area contributed by atoms with E-state index in [4.69, 9.17) is 5.26 Å². The van der Waals surface area contributed by atoms with Crippen molar-refractivity contribution in [3.05, 3.63) is 0 Å². The summed E-state index contributed by atoms with van der Waals surface area (Å²) in [7, 11) is 1.91. The van der Waals surface area contributed by atoms with Crippen molar-refractivity contribution in [3.63, 3.8) is 0 Å². The molecule has 0 N–H and O–H groups in total. The number of carbonyl (C=O) groups excluding carboxylic acids is 1. The molecule has 0 aromatic carbocycles. The third-order valence-electron chi connectivity index (χ3n) is 1.62. The zero-order valence-corrected chi connectivity index (χ0v) is 7.84. The van der Waals surface area contributed by atoms with E-state index in [0.717, 1.165) is 19.4 Å². The molecule has 3 nitrogen and oxygen atoms in total. The number of ketones is 1. The summed E-state index contributed by atoms with van der Waals surface area (Å²) in [4.78, 5) is 12.9. The van der Waals surface area contributed by atoms with E-state index in [0.29, 0.717) is 6.54 Å². The summed E-state index contributed by atoms with van der Waals surface area (Å²) in [6.45, 7) is 3.46. The molecule has 0 rings (SSSR count). The molecule has 0 radical (unpaired) electrons. The molecule has 0 aromatic rings. The number of hydrogen-bond donors (Lipinski definition) is 0. The summed E-state index contributed by atoms with van der Waals surface area (Å²) in [6.07, 6.45) is 2.28. The maximum Gasteiger partial charge on any atom is 0.160 e. The third kappa shape index (κ3) is 5.87. The highest BCUT2D eigenvalue weighted by Crippen LogP contribution is 1.92. The molecule has 12 heavy (non-hydrogen) atoms. The zero-order chi connectivity index (χ0) is 9.40. The van der Waals surface area contributed by atoms with Crippen LogP contribution in [0.5, 0.6) is 0 Å². The average molecular weight is 168 g/mol. The van der Waals surface area contributed by atoms with E-state index in [1.807, 2.05) is 18.0 Å². The number of nitriles is 1. The van der Waals surface area contributed by atoms with Gasteiger partial charge < -0.3 is 0 Å². The SMILES string of the molecule is CCCCN(C)CC(=O)CC#N. The van der Waals surface area contributed by atoms with Crippen LogP contribution in [0.1, 0.15) is 26.2 Å². The lowest BCUT2D eigenvalue weighted by atomic mass is 10.2. The molecule has 3 heteroatoms. The van der Waals surface area contributed by atoms with Gasteiger partial charge in [-0.3, -0.25) is 9.69 Å². The van der Waals surface area contributed by atoms with E-state index >= 15 is 0 Å². The van der Waals surface area contributed by atoms with Crippen molar-refractivity contribution in [1.82, 2.24) is 4.90 Å². The molecule has 0 aromatic heterocycles. The molecular weight excluding hydrogens is 152 g/mol. The topological polar surface area (TPSA) is 44.1 Å². The second kappa shape index (κ2) is 6.81. The van der Waals surface area contributed by atoms with Crippen molar-refractivity contribution in [1.29, 1.82) is 5.26 Å². The van der Waals surface area contributed by atoms with Crippen LogP contribution in [0.15, 0.2) is 0 Å². The number of unbranched alkanes of at least 4 members (excludes halogenated alkanes) is 1. The highest BCUT2D eigenvalue weighted by atomic mass is 16.1. The summed E-state index contributed by atoms with van der Waals surface area (Å²) in [5, 5.41) is 8.24. The van der Waals surface area contributed by atoms with Crippen molar-refractivity contribution >= 4 is 5.78 Å². The van der Waals surface area contributed by atoms with Crippen LogP contribution in [0.25, 0.3) is 0 Å². The van der Waals surface area contributed by atoms with Gasteiger partial charge in [-0.25, -0.2) is 0 Å². The van der Waals surface area contributed by atoms with Crippen LogP contribution >= 0.6 is 0 Å². The van der Waals surface area contributed by atoms with Gasteiger partial charge in [-0.15, -0.1) is 0 Å². The van der Waals surface area contributed by atoms with Crippen molar-refractivity contribution < 1.29 is 4.79 Å². The number of rotatable bonds is 6. The standard InChI is InChI=1S/C9H16N2O/c1-3-4-7-11(2)8-9(12)5-6-10/h3-5,7-8H2,1-2H3. The lowest BCUT2D eigenvalue weighted by molar-refractivity contribution is -0.119. The van der Waals surface area contributed by atoms with Crippen LogP contribution in [-0.4, -0.2) is 30.8 Å². The molecule has 0 aliphatic carbocycles. The predicted molar refractivity (Wildman–Crippen MR) is 47.6 cm³/mol. The largest absolute Gasteiger partial charge is 0.299 e. The highest BCUT2D eigenvalue weighted by molar-refractivity contribution is 5.82. The van der Waals surface area contributed by atoms with Gasteiger partial charge in [-0.1, -0.05) is 13.3 Å². The first-order valence-corrected chi connectivity index (χ1v) is 4.28. The van der Waals surface area contributed by atoms with Crippen LogP contribution in [0.3, 0.4) is 0 Å². The normalized spacial score (nSPS) is 9.83. The molecule has 0 saturated carbocycles. The average Bonchev–Trinajstić information content (AvgIpc) is 2.01. The van der Waals surface area contributed by atoms with Crippen molar-refractivity contribution in [2.75, 3.05) is 20.1 Å². The number of carbonyl (C=O) groups is 1. The maximum absolute atomic E-state index is 11.0. The van der Waals surface area contributed by atoms with Crippen molar-refractivity contribution in [2.45, 2.75) is 26.2 Å². The molecule has 0 aliphatic rings. The Morgan fingerprint density at radius 1 is 1.58 bits per heavy atom. The van der Waals surface area contributed by atoms with Gasteiger partial charge in [0.25, 0.3) is 0 Å². The Kier molecular flexibility index (Phi) is 6.31. The second-order valence-corrected chi connectivity index (χ2v) is 2.96. The minimum absolute atomic E-state index is 0.0103. The Labute approximate surface area is 74.0 Å². The summed E-state index contributed by atoms with van der Waals surface area (Å²) in [5.74, 6) is 0.0103. The predicted octanol–water partition coefficient (Wildman–Crippen LogP) is 1.20. The lowest BCUT2D eigenvalue weighted by Gasteiger charge is -2.13. The Balaban J connectivity index is 3.48. The smallest absolute Gasteiger partial charge is 0.160 e. The molecular formula is C9H16N2O. The molecule has 0 spiro atoms. The van der Waals surface area contributed by atoms with E-state index in [1.165, 1.54) is 0 Å². The summed E-state index contributed by atoms with van der Waals surface area (Å²) in [6, 6.07) is 1.85. The first-order valence-electron chi connectivity index (χ1n) is 4.28. The highest BCUT2D eigenvalue weighted by Gasteiger charge is 2.04. The van der Waals surface area contributed by atoms with Crippen LogP contribution in [0.2, 0.25) is 0 Å². The minimum Gasteiger partial charge on any atom is -0.299 e. The first-order chi connectivity index (χ1) is 5.70. The first kappa shape index (κ1) is 11.1. The molecule has 0 atom stereocenters. The van der Waals surface area contributed by atoms with Gasteiger partial charge in [0.05, 0.1) is 19.0 Å². The van der Waals surface area contributed by atoms with Crippen LogP contribution in [-0.2, 0) is 4.79 Å². The van der Waals surface area contributed by atoms with Crippen LogP contribution < -0.4 is 0 Å². The lowest BCUT2D eigenvalue weighted by Crippen LogP contribution is -2.26. The van der Waals surface area contributed by atoms with Gasteiger partial charge in [0.15, 0.2) is 5.78 Å². The van der Waals surface area contributed by atoms with Gasteiger partial charge in [0, 0.05) is 0 Å². The molecule has 0 aliphatic heterocycles.